The van der Waals surface area contributed by atoms with Gasteiger partial charge >= 0.3 is 6.03 Å². The average molecular weight is 377 g/mol. The summed E-state index contributed by atoms with van der Waals surface area (Å²) in [7, 11) is 0. The highest BCUT2D eigenvalue weighted by molar-refractivity contribution is 6.01. The van der Waals surface area contributed by atoms with Gasteiger partial charge in [0.2, 0.25) is 5.91 Å². The van der Waals surface area contributed by atoms with E-state index in [-0.39, 0.29) is 24.3 Å². The van der Waals surface area contributed by atoms with Crippen molar-refractivity contribution in [3.63, 3.8) is 0 Å². The number of nitrogens with two attached hydrogens (primary N) is 1. The largest absolute Gasteiger partial charge is 0.324 e. The summed E-state index contributed by atoms with van der Waals surface area (Å²) in [5, 5.41) is 8.26. The number of para-hydroxylation sites is 1. The number of nitrogens with one attached hydrogen (secondary N) is 3. The molecule has 0 aliphatic heterocycles. The van der Waals surface area contributed by atoms with E-state index in [1.54, 1.807) is 43.3 Å². The molecule has 0 saturated heterocycles. The summed E-state index contributed by atoms with van der Waals surface area (Å²) in [4.78, 5) is 24.3. The van der Waals surface area contributed by atoms with Gasteiger partial charge in [0.25, 0.3) is 0 Å². The van der Waals surface area contributed by atoms with Crippen LogP contribution in [0.15, 0.2) is 54.6 Å². The van der Waals surface area contributed by atoms with Crippen LogP contribution in [0.1, 0.15) is 26.7 Å². The molecule has 5 N–H and O–H groups in total. The number of benzene rings is 2. The predicted octanol–water partition coefficient (Wildman–Crippen LogP) is 4.21. The third-order valence-electron chi connectivity index (χ3n) is 3.70. The topological polar surface area (TPSA) is 96.2 Å². The second-order valence-corrected chi connectivity index (χ2v) is 6.15. The normalized spacial score (nSPS) is 12.3. The molecule has 26 heavy (non-hydrogen) atoms. The molecule has 140 valence electrons. The lowest BCUT2D eigenvalue weighted by Gasteiger charge is -2.23. The Morgan fingerprint density at radius 3 is 2.08 bits per heavy atom. The van der Waals surface area contributed by atoms with E-state index < -0.39 is 5.54 Å². The van der Waals surface area contributed by atoms with Crippen LogP contribution in [0.3, 0.4) is 0 Å². The molecule has 0 heterocycles. The number of rotatable bonds is 6. The quantitative estimate of drug-likeness (QED) is 0.608. The van der Waals surface area contributed by atoms with E-state index in [1.165, 1.54) is 0 Å². The number of hydrogen-bond acceptors (Lipinski definition) is 3. The summed E-state index contributed by atoms with van der Waals surface area (Å²) in [5.74, 6) is -0.250. The van der Waals surface area contributed by atoms with E-state index >= 15 is 0 Å². The lowest BCUT2D eigenvalue weighted by Crippen LogP contribution is -2.48. The van der Waals surface area contributed by atoms with Gasteiger partial charge in [-0.25, -0.2) is 4.79 Å². The average Bonchev–Trinajstić information content (AvgIpc) is 2.56. The Labute approximate surface area is 160 Å². The molecule has 7 heteroatoms. The van der Waals surface area contributed by atoms with Crippen molar-refractivity contribution in [2.24, 2.45) is 5.73 Å². The first-order chi connectivity index (χ1) is 11.9. The molecular weight excluding hydrogens is 352 g/mol. The molecule has 0 aliphatic rings. The van der Waals surface area contributed by atoms with Crippen LogP contribution in [-0.4, -0.2) is 17.5 Å². The van der Waals surface area contributed by atoms with Crippen molar-refractivity contribution in [1.82, 2.24) is 0 Å². The maximum atomic E-state index is 12.3. The van der Waals surface area contributed by atoms with Crippen LogP contribution in [0.25, 0.3) is 0 Å². The van der Waals surface area contributed by atoms with Gasteiger partial charge in [-0.1, -0.05) is 37.6 Å². The van der Waals surface area contributed by atoms with Crippen LogP contribution in [0, 0.1) is 0 Å². The zero-order valence-corrected chi connectivity index (χ0v) is 15.7. The second-order valence-electron chi connectivity index (χ2n) is 6.15. The van der Waals surface area contributed by atoms with Crippen molar-refractivity contribution in [2.45, 2.75) is 32.2 Å². The Morgan fingerprint density at radius 2 is 1.46 bits per heavy atom. The molecule has 2 aromatic carbocycles. The van der Waals surface area contributed by atoms with E-state index in [0.29, 0.717) is 23.5 Å². The summed E-state index contributed by atoms with van der Waals surface area (Å²) < 4.78 is 0. The molecule has 0 saturated carbocycles. The molecule has 3 amide bonds. The molecule has 0 aromatic heterocycles. The maximum absolute atomic E-state index is 12.3. The first-order valence-corrected chi connectivity index (χ1v) is 8.24. The standard InChI is InChI=1S/C19H24N4O2.ClH/c1-3-12-19(2,20)17(24)21-15-10-7-11-16(13-15)23-18(25)22-14-8-5-4-6-9-14;/h4-11,13H,3,12,20H2,1-2H3,(H,21,24)(H2,22,23,25);1H. The molecule has 0 radical (unpaired) electrons. The van der Waals surface area contributed by atoms with Gasteiger partial charge in [0, 0.05) is 17.1 Å². The van der Waals surface area contributed by atoms with E-state index in [4.69, 9.17) is 5.73 Å². The number of halogens is 1. The van der Waals surface area contributed by atoms with E-state index in [1.807, 2.05) is 25.1 Å². The van der Waals surface area contributed by atoms with Gasteiger partial charge in [-0.05, 0) is 43.7 Å². The number of amides is 3. The van der Waals surface area contributed by atoms with Crippen LogP contribution in [-0.2, 0) is 4.79 Å². The molecule has 6 nitrogen and oxygen atoms in total. The first-order valence-electron chi connectivity index (χ1n) is 8.24. The van der Waals surface area contributed by atoms with Gasteiger partial charge in [-0.3, -0.25) is 4.79 Å². The van der Waals surface area contributed by atoms with Crippen molar-refractivity contribution in [1.29, 1.82) is 0 Å². The predicted molar refractivity (Wildman–Crippen MR) is 109 cm³/mol. The molecule has 1 atom stereocenters. The van der Waals surface area contributed by atoms with Gasteiger partial charge in [0.15, 0.2) is 0 Å². The number of anilines is 3. The minimum Gasteiger partial charge on any atom is -0.324 e. The molecular formula is C19H25ClN4O2. The molecule has 0 fully saturated rings. The van der Waals surface area contributed by atoms with Crippen LogP contribution in [0.2, 0.25) is 0 Å². The number of hydrogen-bond donors (Lipinski definition) is 4. The summed E-state index contributed by atoms with van der Waals surface area (Å²) in [6.07, 6.45) is 1.41. The lowest BCUT2D eigenvalue weighted by molar-refractivity contribution is -0.120. The highest BCUT2D eigenvalue weighted by atomic mass is 35.5. The molecule has 2 aromatic rings. The number of carbonyl (C=O) groups is 2. The van der Waals surface area contributed by atoms with Crippen molar-refractivity contribution in [3.05, 3.63) is 54.6 Å². The summed E-state index contributed by atoms with van der Waals surface area (Å²) >= 11 is 0. The van der Waals surface area contributed by atoms with E-state index in [9.17, 15) is 9.59 Å². The molecule has 1 unspecified atom stereocenters. The Morgan fingerprint density at radius 1 is 0.923 bits per heavy atom. The Bertz CT molecular complexity index is 735. The van der Waals surface area contributed by atoms with Crippen molar-refractivity contribution in [3.8, 4) is 0 Å². The minimum absolute atomic E-state index is 0. The van der Waals surface area contributed by atoms with Gasteiger partial charge in [0.1, 0.15) is 0 Å². The first kappa shape index (κ1) is 21.5. The van der Waals surface area contributed by atoms with Crippen LogP contribution in [0.4, 0.5) is 21.9 Å². The number of urea groups is 1. The minimum atomic E-state index is -0.928. The Kier molecular flexibility index (Phi) is 8.09. The van der Waals surface area contributed by atoms with Crippen LogP contribution >= 0.6 is 12.4 Å². The maximum Gasteiger partial charge on any atom is 0.323 e. The monoisotopic (exact) mass is 376 g/mol. The fraction of sp³-hybridized carbons (Fsp3) is 0.263. The SMILES string of the molecule is CCCC(C)(N)C(=O)Nc1cccc(NC(=O)Nc2ccccc2)c1.Cl. The van der Waals surface area contributed by atoms with E-state index in [0.717, 1.165) is 6.42 Å². The third kappa shape index (κ3) is 6.38. The summed E-state index contributed by atoms with van der Waals surface area (Å²) in [5.41, 5.74) is 6.95. The summed E-state index contributed by atoms with van der Waals surface area (Å²) in [6.45, 7) is 3.69. The van der Waals surface area contributed by atoms with Gasteiger partial charge < -0.3 is 21.7 Å². The zero-order chi connectivity index (χ0) is 18.3. The van der Waals surface area contributed by atoms with Crippen LogP contribution in [0.5, 0.6) is 0 Å². The summed E-state index contributed by atoms with van der Waals surface area (Å²) in [6, 6.07) is 15.7. The Balaban J connectivity index is 0.00000338. The zero-order valence-electron chi connectivity index (χ0n) is 14.9. The smallest absolute Gasteiger partial charge is 0.323 e. The van der Waals surface area contributed by atoms with Crippen LogP contribution < -0.4 is 21.7 Å². The van der Waals surface area contributed by atoms with Gasteiger partial charge in [-0.2, -0.15) is 0 Å². The van der Waals surface area contributed by atoms with Crippen molar-refractivity contribution >= 4 is 41.4 Å². The van der Waals surface area contributed by atoms with Gasteiger partial charge in [0.05, 0.1) is 5.54 Å². The molecule has 0 aliphatic carbocycles. The molecule has 0 spiro atoms. The molecule has 0 bridgehead atoms. The van der Waals surface area contributed by atoms with Crippen molar-refractivity contribution in [2.75, 3.05) is 16.0 Å². The number of carbonyl (C=O) groups excluding carboxylic acids is 2. The lowest BCUT2D eigenvalue weighted by atomic mass is 9.96. The fourth-order valence-electron chi connectivity index (χ4n) is 2.40. The van der Waals surface area contributed by atoms with E-state index in [2.05, 4.69) is 16.0 Å². The third-order valence-corrected chi connectivity index (χ3v) is 3.70. The van der Waals surface area contributed by atoms with Crippen molar-refractivity contribution < 1.29 is 9.59 Å². The highest BCUT2D eigenvalue weighted by Gasteiger charge is 2.27. The second kappa shape index (κ2) is 9.79. The Hall–Kier alpha value is -2.57. The molecule has 2 rings (SSSR count). The highest BCUT2D eigenvalue weighted by Crippen LogP contribution is 2.18. The van der Waals surface area contributed by atoms with Gasteiger partial charge in [-0.15, -0.1) is 12.4 Å². The fourth-order valence-corrected chi connectivity index (χ4v) is 2.40.